The molecule has 1 aromatic carbocycles. The van der Waals surface area contributed by atoms with E-state index in [1.807, 2.05) is 47.8 Å². The molecule has 0 radical (unpaired) electrons. The number of ether oxygens (including phenoxy) is 2. The van der Waals surface area contributed by atoms with Crippen molar-refractivity contribution in [3.05, 3.63) is 86.0 Å². The molecule has 0 atom stereocenters. The molecule has 4 rings (SSSR count). The lowest BCUT2D eigenvalue weighted by atomic mass is 10.1. The van der Waals surface area contributed by atoms with E-state index in [0.29, 0.717) is 38.2 Å². The summed E-state index contributed by atoms with van der Waals surface area (Å²) in [6, 6.07) is 14.6. The van der Waals surface area contributed by atoms with Crippen molar-refractivity contribution >= 4 is 23.2 Å². The van der Waals surface area contributed by atoms with Gasteiger partial charge in [-0.3, -0.25) is 9.59 Å². The number of fused-ring (bicyclic) bond motifs is 1. The summed E-state index contributed by atoms with van der Waals surface area (Å²) in [5, 5.41) is 1.99. The summed E-state index contributed by atoms with van der Waals surface area (Å²) >= 11 is 1.62. The van der Waals surface area contributed by atoms with E-state index in [0.717, 1.165) is 10.4 Å². The number of rotatable bonds is 5. The molecule has 3 heterocycles. The van der Waals surface area contributed by atoms with Crippen LogP contribution in [0.25, 0.3) is 0 Å². The molecule has 3 aromatic rings. The molecule has 2 aromatic heterocycles. The zero-order chi connectivity index (χ0) is 23.9. The number of hydrogen-bond acceptors (Lipinski definition) is 6. The number of nitrogens with zero attached hydrogens (tertiary/aromatic N) is 2. The van der Waals surface area contributed by atoms with Crippen molar-refractivity contribution in [2.45, 2.75) is 19.4 Å². The summed E-state index contributed by atoms with van der Waals surface area (Å²) in [5.41, 5.74) is 1.22. The topological polar surface area (TPSA) is 77.8 Å². The molecule has 1 aliphatic rings. The molecule has 1 amide bonds. The highest BCUT2D eigenvalue weighted by Gasteiger charge is 2.27. The second-order valence-corrected chi connectivity index (χ2v) is 8.68. The van der Waals surface area contributed by atoms with Gasteiger partial charge in [0.25, 0.3) is 11.5 Å². The molecule has 0 spiro atoms. The van der Waals surface area contributed by atoms with Crippen molar-refractivity contribution < 1.29 is 19.1 Å². The highest BCUT2D eigenvalue weighted by molar-refractivity contribution is 7.09. The number of carbonyl (C=O) groups is 2. The molecule has 7 nitrogen and oxygen atoms in total. The Morgan fingerprint density at radius 3 is 2.65 bits per heavy atom. The fraction of sp³-hybridized carbons (Fsp3) is 0.269. The second kappa shape index (κ2) is 10.9. The van der Waals surface area contributed by atoms with E-state index >= 15 is 0 Å². The predicted octanol–water partition coefficient (Wildman–Crippen LogP) is 2.75. The number of carbonyl (C=O) groups excluding carboxylic acids is 2. The molecule has 8 heteroatoms. The Hall–Kier alpha value is -3.83. The number of benzene rings is 1. The minimum atomic E-state index is -0.571. The molecule has 0 saturated heterocycles. The van der Waals surface area contributed by atoms with E-state index in [-0.39, 0.29) is 29.3 Å². The van der Waals surface area contributed by atoms with Gasteiger partial charge in [-0.2, -0.15) is 0 Å². The van der Waals surface area contributed by atoms with Gasteiger partial charge in [-0.25, -0.2) is 4.79 Å². The number of pyridine rings is 1. The summed E-state index contributed by atoms with van der Waals surface area (Å²) in [7, 11) is 1.30. The number of aromatic nitrogens is 1. The van der Waals surface area contributed by atoms with Crippen LogP contribution in [0, 0.1) is 11.8 Å². The van der Waals surface area contributed by atoms with Crippen LogP contribution in [0.2, 0.25) is 0 Å². The molecule has 0 saturated carbocycles. The Kier molecular flexibility index (Phi) is 7.45. The van der Waals surface area contributed by atoms with Crippen molar-refractivity contribution in [2.24, 2.45) is 0 Å². The number of esters is 1. The lowest BCUT2D eigenvalue weighted by molar-refractivity contribution is -0.125. The van der Waals surface area contributed by atoms with Crippen molar-refractivity contribution in [1.82, 2.24) is 9.47 Å². The molecule has 34 heavy (non-hydrogen) atoms. The zero-order valence-corrected chi connectivity index (χ0v) is 19.6. The first-order valence-corrected chi connectivity index (χ1v) is 11.8. The Morgan fingerprint density at radius 1 is 1.09 bits per heavy atom. The Bertz CT molecular complexity index is 1290. The average molecular weight is 477 g/mol. The highest BCUT2D eigenvalue weighted by Crippen LogP contribution is 2.24. The van der Waals surface area contributed by atoms with Gasteiger partial charge in [0.05, 0.1) is 13.7 Å². The van der Waals surface area contributed by atoms with Gasteiger partial charge >= 0.3 is 5.97 Å². The van der Waals surface area contributed by atoms with Gasteiger partial charge in [0.2, 0.25) is 0 Å². The quantitative estimate of drug-likeness (QED) is 0.418. The largest absolute Gasteiger partial charge is 0.492 e. The van der Waals surface area contributed by atoms with Crippen molar-refractivity contribution in [3.63, 3.8) is 0 Å². The van der Waals surface area contributed by atoms with E-state index in [1.54, 1.807) is 16.2 Å². The fourth-order valence-electron chi connectivity index (χ4n) is 3.83. The van der Waals surface area contributed by atoms with Gasteiger partial charge < -0.3 is 18.9 Å². The van der Waals surface area contributed by atoms with Crippen LogP contribution in [0.4, 0.5) is 0 Å². The third-order valence-electron chi connectivity index (χ3n) is 5.54. The Morgan fingerprint density at radius 2 is 1.91 bits per heavy atom. The molecular weight excluding hydrogens is 452 g/mol. The summed E-state index contributed by atoms with van der Waals surface area (Å²) < 4.78 is 12.4. The van der Waals surface area contributed by atoms with Crippen molar-refractivity contribution in [2.75, 3.05) is 26.8 Å². The monoisotopic (exact) mass is 476 g/mol. The normalized spacial score (nSPS) is 12.7. The Balaban J connectivity index is 1.55. The van der Waals surface area contributed by atoms with Gasteiger partial charge in [-0.15, -0.1) is 11.3 Å². The van der Waals surface area contributed by atoms with Gasteiger partial charge in [-0.05, 0) is 23.6 Å². The van der Waals surface area contributed by atoms with E-state index in [4.69, 9.17) is 9.47 Å². The third kappa shape index (κ3) is 5.38. The van der Waals surface area contributed by atoms with Crippen LogP contribution in [0.5, 0.6) is 5.75 Å². The molecule has 0 N–H and O–H groups in total. The molecule has 0 bridgehead atoms. The van der Waals surface area contributed by atoms with Gasteiger partial charge in [-0.1, -0.05) is 30.2 Å². The summed E-state index contributed by atoms with van der Waals surface area (Å²) in [6.07, 6.45) is 0.972. The molecule has 0 aliphatic carbocycles. The maximum atomic E-state index is 12.9. The van der Waals surface area contributed by atoms with Crippen molar-refractivity contribution in [3.8, 4) is 17.6 Å². The lowest BCUT2D eigenvalue weighted by Crippen LogP contribution is -2.33. The lowest BCUT2D eigenvalue weighted by Gasteiger charge is -2.17. The van der Waals surface area contributed by atoms with Crippen LogP contribution >= 0.6 is 11.3 Å². The minimum absolute atomic E-state index is 0.211. The van der Waals surface area contributed by atoms with E-state index < -0.39 is 5.97 Å². The molecule has 1 aliphatic heterocycles. The maximum absolute atomic E-state index is 12.9. The standard InChI is InChI=1S/C26H24N2O5S/c1-32-26(31)25-21-11-13-27(23(29)10-9-19-6-3-2-4-7-19)14-15-28(21)24(30)18-22(25)33-16-12-20-8-5-17-34-20/h2-8,17-18H,11-16H2,1H3. The maximum Gasteiger partial charge on any atom is 0.343 e. The molecule has 0 fully saturated rings. The van der Waals surface area contributed by atoms with Crippen LogP contribution in [0.3, 0.4) is 0 Å². The first-order valence-electron chi connectivity index (χ1n) is 10.9. The number of methoxy groups -OCH3 is 1. The molecule has 174 valence electrons. The number of thiophene rings is 1. The zero-order valence-electron chi connectivity index (χ0n) is 18.8. The number of amides is 1. The fourth-order valence-corrected chi connectivity index (χ4v) is 4.52. The predicted molar refractivity (Wildman–Crippen MR) is 129 cm³/mol. The average Bonchev–Trinajstić information content (AvgIpc) is 3.27. The Labute approximate surface area is 201 Å². The molecular formula is C26H24N2O5S. The summed E-state index contributed by atoms with van der Waals surface area (Å²) in [5.74, 6) is 4.87. The van der Waals surface area contributed by atoms with E-state index in [9.17, 15) is 14.4 Å². The molecule has 0 unspecified atom stereocenters. The van der Waals surface area contributed by atoms with Crippen molar-refractivity contribution in [1.29, 1.82) is 0 Å². The number of hydrogen-bond donors (Lipinski definition) is 0. The van der Waals surface area contributed by atoms with Gasteiger partial charge in [0.15, 0.2) is 0 Å². The first-order chi connectivity index (χ1) is 16.6. The third-order valence-corrected chi connectivity index (χ3v) is 6.48. The smallest absolute Gasteiger partial charge is 0.343 e. The van der Waals surface area contributed by atoms with Crippen LogP contribution < -0.4 is 10.3 Å². The van der Waals surface area contributed by atoms with Gasteiger partial charge in [0, 0.05) is 60.6 Å². The van der Waals surface area contributed by atoms with Gasteiger partial charge in [0.1, 0.15) is 11.3 Å². The second-order valence-electron chi connectivity index (χ2n) is 7.65. The van der Waals surface area contributed by atoms with Crippen LogP contribution in [-0.4, -0.2) is 48.1 Å². The van der Waals surface area contributed by atoms with E-state index in [1.165, 1.54) is 17.7 Å². The first kappa shape index (κ1) is 23.3. The summed E-state index contributed by atoms with van der Waals surface area (Å²) in [4.78, 5) is 41.0. The van der Waals surface area contributed by atoms with Crippen LogP contribution in [0.1, 0.15) is 26.5 Å². The van der Waals surface area contributed by atoms with E-state index in [2.05, 4.69) is 11.8 Å². The minimum Gasteiger partial charge on any atom is -0.492 e. The highest BCUT2D eigenvalue weighted by atomic mass is 32.1. The van der Waals surface area contributed by atoms with Crippen LogP contribution in [0.15, 0.2) is 58.7 Å². The van der Waals surface area contributed by atoms with Crippen LogP contribution in [-0.2, 0) is 28.9 Å². The SMILES string of the molecule is COC(=O)c1c(OCCc2cccs2)cc(=O)n2c1CCN(C(=O)C#Cc1ccccc1)CC2. The summed E-state index contributed by atoms with van der Waals surface area (Å²) in [6.45, 7) is 1.22.